The third kappa shape index (κ3) is 2.53. The number of carbonyl (C=O) groups excluding carboxylic acids is 1. The van der Waals surface area contributed by atoms with Crippen molar-refractivity contribution in [3.63, 3.8) is 0 Å². The molecule has 6 heteroatoms. The first-order valence-corrected chi connectivity index (χ1v) is 5.26. The first-order valence-electron chi connectivity index (χ1n) is 5.26. The highest BCUT2D eigenvalue weighted by atomic mass is 19.1. The van der Waals surface area contributed by atoms with Crippen molar-refractivity contribution in [3.8, 4) is 0 Å². The molecule has 1 heterocycles. The van der Waals surface area contributed by atoms with E-state index in [1.165, 1.54) is 11.9 Å². The fraction of sp³-hybridized carbons (Fsp3) is 0.167. The molecule has 2 rings (SSSR count). The minimum Gasteiger partial charge on any atom is -0.337 e. The van der Waals surface area contributed by atoms with Crippen molar-refractivity contribution in [2.24, 2.45) is 0 Å². The van der Waals surface area contributed by atoms with Crippen molar-refractivity contribution >= 4 is 5.91 Å². The Labute approximate surface area is 102 Å². The molecule has 1 amide bonds. The van der Waals surface area contributed by atoms with Crippen molar-refractivity contribution in [1.29, 1.82) is 0 Å². The van der Waals surface area contributed by atoms with Gasteiger partial charge in [0.2, 0.25) is 0 Å². The first kappa shape index (κ1) is 12.2. The van der Waals surface area contributed by atoms with Gasteiger partial charge in [0.25, 0.3) is 5.91 Å². The molecule has 0 saturated heterocycles. The lowest BCUT2D eigenvalue weighted by Gasteiger charge is -2.16. The van der Waals surface area contributed by atoms with Crippen molar-refractivity contribution in [3.05, 3.63) is 53.4 Å². The summed E-state index contributed by atoms with van der Waals surface area (Å²) in [7, 11) is 1.54. The smallest absolute Gasteiger partial charge is 0.256 e. The lowest BCUT2D eigenvalue weighted by atomic mass is 10.1. The summed E-state index contributed by atoms with van der Waals surface area (Å²) >= 11 is 0. The first-order chi connectivity index (χ1) is 8.58. The minimum atomic E-state index is -0.862. The summed E-state index contributed by atoms with van der Waals surface area (Å²) in [5.41, 5.74) is 0.649. The standard InChI is InChI=1S/C12H11F2N3O/c1-17(7-8-5-15-16-6-8)12(18)10-3-2-9(13)4-11(10)14/h2-6H,7H2,1H3,(H,15,16). The van der Waals surface area contributed by atoms with E-state index in [2.05, 4.69) is 10.2 Å². The van der Waals surface area contributed by atoms with E-state index in [1.807, 2.05) is 0 Å². The maximum Gasteiger partial charge on any atom is 0.256 e. The zero-order chi connectivity index (χ0) is 13.1. The van der Waals surface area contributed by atoms with Crippen LogP contribution in [0.1, 0.15) is 15.9 Å². The maximum atomic E-state index is 13.4. The average molecular weight is 251 g/mol. The molecule has 0 radical (unpaired) electrons. The molecular weight excluding hydrogens is 240 g/mol. The Balaban J connectivity index is 2.15. The number of H-pyrrole nitrogens is 1. The van der Waals surface area contributed by atoms with Crippen LogP contribution >= 0.6 is 0 Å². The molecule has 0 saturated carbocycles. The van der Waals surface area contributed by atoms with Crippen LogP contribution in [0.15, 0.2) is 30.6 Å². The lowest BCUT2D eigenvalue weighted by Crippen LogP contribution is -2.26. The van der Waals surface area contributed by atoms with Gasteiger partial charge >= 0.3 is 0 Å². The third-order valence-electron chi connectivity index (χ3n) is 2.48. The second kappa shape index (κ2) is 4.95. The molecule has 0 bridgehead atoms. The maximum absolute atomic E-state index is 13.4. The van der Waals surface area contributed by atoms with Gasteiger partial charge in [0.15, 0.2) is 0 Å². The zero-order valence-electron chi connectivity index (χ0n) is 9.65. The molecule has 0 aliphatic rings. The number of nitrogens with one attached hydrogen (secondary N) is 1. The van der Waals surface area contributed by atoms with Crippen molar-refractivity contribution < 1.29 is 13.6 Å². The molecule has 0 fully saturated rings. The zero-order valence-corrected chi connectivity index (χ0v) is 9.65. The van der Waals surface area contributed by atoms with Crippen LogP contribution in [0.2, 0.25) is 0 Å². The number of rotatable bonds is 3. The number of halogens is 2. The van der Waals surface area contributed by atoms with Gasteiger partial charge in [0.05, 0.1) is 11.8 Å². The fourth-order valence-corrected chi connectivity index (χ4v) is 1.58. The third-order valence-corrected chi connectivity index (χ3v) is 2.48. The van der Waals surface area contributed by atoms with Crippen LogP contribution in [0.25, 0.3) is 0 Å². The summed E-state index contributed by atoms with van der Waals surface area (Å²) in [4.78, 5) is 13.3. The van der Waals surface area contributed by atoms with Crippen LogP contribution < -0.4 is 0 Å². The second-order valence-electron chi connectivity index (χ2n) is 3.89. The van der Waals surface area contributed by atoms with E-state index < -0.39 is 17.5 Å². The Hall–Kier alpha value is -2.24. The summed E-state index contributed by atoms with van der Waals surface area (Å²) in [5.74, 6) is -2.07. The molecule has 4 nitrogen and oxygen atoms in total. The molecule has 0 unspecified atom stereocenters. The molecule has 2 aromatic rings. The molecule has 0 spiro atoms. The fourth-order valence-electron chi connectivity index (χ4n) is 1.58. The monoisotopic (exact) mass is 251 g/mol. The van der Waals surface area contributed by atoms with Gasteiger partial charge in [0.1, 0.15) is 11.6 Å². The summed E-state index contributed by atoms with van der Waals surface area (Å²) in [6.45, 7) is 0.298. The predicted molar refractivity (Wildman–Crippen MR) is 60.7 cm³/mol. The van der Waals surface area contributed by atoms with Crippen LogP contribution in [-0.4, -0.2) is 28.1 Å². The van der Waals surface area contributed by atoms with Crippen molar-refractivity contribution in [2.45, 2.75) is 6.54 Å². The Bertz CT molecular complexity index is 554. The van der Waals surface area contributed by atoms with Crippen LogP contribution in [-0.2, 0) is 6.54 Å². The molecule has 1 aromatic heterocycles. The van der Waals surface area contributed by atoms with E-state index in [0.717, 1.165) is 17.7 Å². The van der Waals surface area contributed by atoms with Gasteiger partial charge in [0, 0.05) is 31.4 Å². The molecule has 1 aromatic carbocycles. The van der Waals surface area contributed by atoms with Gasteiger partial charge in [-0.15, -0.1) is 0 Å². The number of hydrogen-bond donors (Lipinski definition) is 1. The Morgan fingerprint density at radius 3 is 2.83 bits per heavy atom. The number of amides is 1. The Morgan fingerprint density at radius 2 is 2.22 bits per heavy atom. The van der Waals surface area contributed by atoms with E-state index in [9.17, 15) is 13.6 Å². The van der Waals surface area contributed by atoms with Gasteiger partial charge in [-0.1, -0.05) is 0 Å². The van der Waals surface area contributed by atoms with E-state index in [4.69, 9.17) is 0 Å². The largest absolute Gasteiger partial charge is 0.337 e. The number of carbonyl (C=O) groups is 1. The highest BCUT2D eigenvalue weighted by Crippen LogP contribution is 2.13. The molecule has 18 heavy (non-hydrogen) atoms. The lowest BCUT2D eigenvalue weighted by molar-refractivity contribution is 0.0780. The van der Waals surface area contributed by atoms with Gasteiger partial charge in [-0.3, -0.25) is 9.89 Å². The van der Waals surface area contributed by atoms with Crippen LogP contribution in [0, 0.1) is 11.6 Å². The molecule has 0 atom stereocenters. The molecule has 1 N–H and O–H groups in total. The van der Waals surface area contributed by atoms with Gasteiger partial charge < -0.3 is 4.90 Å². The van der Waals surface area contributed by atoms with E-state index in [1.54, 1.807) is 12.4 Å². The second-order valence-corrected chi connectivity index (χ2v) is 3.89. The number of nitrogens with zero attached hydrogens (tertiary/aromatic N) is 2. The van der Waals surface area contributed by atoms with E-state index in [0.29, 0.717) is 12.6 Å². The molecule has 0 aliphatic carbocycles. The van der Waals surface area contributed by atoms with Crippen LogP contribution in [0.4, 0.5) is 8.78 Å². The highest BCUT2D eigenvalue weighted by molar-refractivity contribution is 5.94. The molecule has 0 aliphatic heterocycles. The van der Waals surface area contributed by atoms with Crippen LogP contribution in [0.5, 0.6) is 0 Å². The van der Waals surface area contributed by atoms with Gasteiger partial charge in [-0.05, 0) is 12.1 Å². The molecular formula is C12H11F2N3O. The number of hydrogen-bond acceptors (Lipinski definition) is 2. The Kier molecular flexibility index (Phi) is 3.36. The summed E-state index contributed by atoms with van der Waals surface area (Å²) in [6, 6.07) is 2.89. The number of benzene rings is 1. The average Bonchev–Trinajstić information content (AvgIpc) is 2.81. The van der Waals surface area contributed by atoms with Crippen molar-refractivity contribution in [1.82, 2.24) is 15.1 Å². The van der Waals surface area contributed by atoms with Crippen LogP contribution in [0.3, 0.4) is 0 Å². The van der Waals surface area contributed by atoms with E-state index in [-0.39, 0.29) is 5.56 Å². The summed E-state index contributed by atoms with van der Waals surface area (Å²) in [6.07, 6.45) is 3.22. The topological polar surface area (TPSA) is 49.0 Å². The molecule has 94 valence electrons. The number of aromatic amines is 1. The SMILES string of the molecule is CN(Cc1cn[nH]c1)C(=O)c1ccc(F)cc1F. The van der Waals surface area contributed by atoms with Gasteiger partial charge in [-0.2, -0.15) is 5.10 Å². The quantitative estimate of drug-likeness (QED) is 0.906. The van der Waals surface area contributed by atoms with E-state index >= 15 is 0 Å². The van der Waals surface area contributed by atoms with Gasteiger partial charge in [-0.25, -0.2) is 8.78 Å². The highest BCUT2D eigenvalue weighted by Gasteiger charge is 2.17. The summed E-state index contributed by atoms with van der Waals surface area (Å²) < 4.78 is 26.2. The predicted octanol–water partition coefficient (Wildman–Crippen LogP) is 1.96. The normalized spacial score (nSPS) is 10.4. The summed E-state index contributed by atoms with van der Waals surface area (Å²) in [5, 5.41) is 6.37. The number of aromatic nitrogens is 2. The minimum absolute atomic E-state index is 0.151. The Morgan fingerprint density at radius 1 is 1.44 bits per heavy atom. The van der Waals surface area contributed by atoms with Crippen molar-refractivity contribution in [2.75, 3.05) is 7.05 Å².